The van der Waals surface area contributed by atoms with Crippen LogP contribution >= 0.6 is 0 Å². The lowest BCUT2D eigenvalue weighted by Crippen LogP contribution is -2.39. The van der Waals surface area contributed by atoms with E-state index in [0.717, 1.165) is 25.1 Å². The van der Waals surface area contributed by atoms with E-state index in [1.807, 2.05) is 18.4 Å². The van der Waals surface area contributed by atoms with E-state index in [9.17, 15) is 9.59 Å². The van der Waals surface area contributed by atoms with Crippen molar-refractivity contribution in [3.8, 4) is 0 Å². The molecule has 2 heterocycles. The highest BCUT2D eigenvalue weighted by atomic mass is 16.5. The Bertz CT molecular complexity index is 545. The smallest absolute Gasteiger partial charge is 0.271 e. The van der Waals surface area contributed by atoms with Crippen molar-refractivity contribution in [2.75, 3.05) is 6.61 Å². The number of hydrazine groups is 1. The molecule has 1 amide bonds. The summed E-state index contributed by atoms with van der Waals surface area (Å²) in [6.07, 6.45) is 2.01. The molecule has 1 fully saturated rings. The van der Waals surface area contributed by atoms with Crippen LogP contribution in [0.15, 0.2) is 10.9 Å². The van der Waals surface area contributed by atoms with E-state index >= 15 is 0 Å². The Kier molecular flexibility index (Phi) is 4.01. The van der Waals surface area contributed by atoms with Gasteiger partial charge in [0.05, 0.1) is 12.6 Å². The number of nitrogen functional groups attached to an aromatic ring is 1. The average Bonchev–Trinajstić information content (AvgIpc) is 2.86. The third kappa shape index (κ3) is 2.69. The summed E-state index contributed by atoms with van der Waals surface area (Å²) in [4.78, 5) is 24.1. The van der Waals surface area contributed by atoms with Crippen molar-refractivity contribution in [3.05, 3.63) is 33.2 Å². The molecule has 6 heteroatoms. The quantitative estimate of drug-likeness (QED) is 0.466. The first-order valence-electron chi connectivity index (χ1n) is 6.38. The third-order valence-electron chi connectivity index (χ3n) is 3.47. The number of aryl methyl sites for hydroxylation is 2. The molecule has 1 aromatic rings. The normalized spacial score (nSPS) is 18.6. The molecular formula is C13H19N3O3. The third-order valence-corrected chi connectivity index (χ3v) is 3.47. The molecule has 104 valence electrons. The molecule has 2 rings (SSSR count). The van der Waals surface area contributed by atoms with Gasteiger partial charge in [0, 0.05) is 12.3 Å². The van der Waals surface area contributed by atoms with Crippen molar-refractivity contribution in [3.63, 3.8) is 0 Å². The summed E-state index contributed by atoms with van der Waals surface area (Å²) < 4.78 is 7.13. The van der Waals surface area contributed by atoms with Gasteiger partial charge in [-0.05, 0) is 38.3 Å². The highest BCUT2D eigenvalue weighted by Crippen LogP contribution is 2.15. The van der Waals surface area contributed by atoms with Gasteiger partial charge in [-0.25, -0.2) is 5.84 Å². The first-order valence-corrected chi connectivity index (χ1v) is 6.38. The molecule has 1 unspecified atom stereocenters. The molecule has 3 N–H and O–H groups in total. The summed E-state index contributed by atoms with van der Waals surface area (Å²) in [7, 11) is 0. The van der Waals surface area contributed by atoms with Crippen molar-refractivity contribution in [1.29, 1.82) is 0 Å². The highest BCUT2D eigenvalue weighted by Gasteiger charge is 2.21. The highest BCUT2D eigenvalue weighted by molar-refractivity contribution is 5.94. The van der Waals surface area contributed by atoms with Crippen LogP contribution in [0.2, 0.25) is 0 Å². The monoisotopic (exact) mass is 265 g/mol. The Balaban J connectivity index is 2.42. The number of nitrogens with two attached hydrogens (primary N) is 1. The van der Waals surface area contributed by atoms with Crippen LogP contribution in [0.1, 0.15) is 34.5 Å². The number of aromatic nitrogens is 1. The summed E-state index contributed by atoms with van der Waals surface area (Å²) in [5.41, 5.74) is 3.27. The van der Waals surface area contributed by atoms with Gasteiger partial charge in [0.1, 0.15) is 5.56 Å². The van der Waals surface area contributed by atoms with Crippen molar-refractivity contribution in [2.24, 2.45) is 5.84 Å². The second kappa shape index (κ2) is 5.54. The summed E-state index contributed by atoms with van der Waals surface area (Å²) in [5.74, 6) is 4.57. The van der Waals surface area contributed by atoms with E-state index in [4.69, 9.17) is 10.6 Å². The molecule has 1 saturated heterocycles. The minimum absolute atomic E-state index is 0.0490. The number of amides is 1. The van der Waals surface area contributed by atoms with Gasteiger partial charge in [0.25, 0.3) is 11.5 Å². The number of nitrogens with zero attached hydrogens (tertiary/aromatic N) is 1. The maximum atomic E-state index is 12.4. The Labute approximate surface area is 111 Å². The predicted octanol–water partition coefficient (Wildman–Crippen LogP) is 0.248. The van der Waals surface area contributed by atoms with Crippen molar-refractivity contribution >= 4 is 5.91 Å². The van der Waals surface area contributed by atoms with Gasteiger partial charge in [-0.1, -0.05) is 0 Å². The molecule has 0 saturated carbocycles. The Hall–Kier alpha value is -1.66. The van der Waals surface area contributed by atoms with Crippen LogP contribution in [0.5, 0.6) is 0 Å². The topological polar surface area (TPSA) is 86.3 Å². The van der Waals surface area contributed by atoms with Crippen molar-refractivity contribution in [2.45, 2.75) is 39.3 Å². The molecule has 0 bridgehead atoms. The maximum Gasteiger partial charge on any atom is 0.271 e. The van der Waals surface area contributed by atoms with Gasteiger partial charge < -0.3 is 9.30 Å². The second-order valence-electron chi connectivity index (χ2n) is 4.87. The van der Waals surface area contributed by atoms with Gasteiger partial charge in [-0.15, -0.1) is 0 Å². The molecular weight excluding hydrogens is 246 g/mol. The molecule has 0 spiro atoms. The fraction of sp³-hybridized carbons (Fsp3) is 0.538. The Morgan fingerprint density at radius 3 is 2.89 bits per heavy atom. The lowest BCUT2D eigenvalue weighted by molar-refractivity contribution is 0.0927. The van der Waals surface area contributed by atoms with Crippen LogP contribution in [0.3, 0.4) is 0 Å². The number of hydrogen-bond acceptors (Lipinski definition) is 4. The molecule has 0 aliphatic carbocycles. The molecule has 1 atom stereocenters. The van der Waals surface area contributed by atoms with Crippen LogP contribution < -0.4 is 16.8 Å². The maximum absolute atomic E-state index is 12.4. The van der Waals surface area contributed by atoms with Crippen LogP contribution in [0, 0.1) is 13.8 Å². The predicted molar refractivity (Wildman–Crippen MR) is 70.8 cm³/mol. The summed E-state index contributed by atoms with van der Waals surface area (Å²) >= 11 is 0. The number of ether oxygens (including phenoxy) is 1. The fourth-order valence-electron chi connectivity index (χ4n) is 2.49. The van der Waals surface area contributed by atoms with Gasteiger partial charge in [-0.3, -0.25) is 15.0 Å². The zero-order chi connectivity index (χ0) is 14.0. The molecule has 6 nitrogen and oxygen atoms in total. The van der Waals surface area contributed by atoms with Gasteiger partial charge >= 0.3 is 0 Å². The molecule has 0 aromatic carbocycles. The largest absolute Gasteiger partial charge is 0.376 e. The number of hydrogen-bond donors (Lipinski definition) is 2. The summed E-state index contributed by atoms with van der Waals surface area (Å²) in [5, 5.41) is 0. The summed E-state index contributed by atoms with van der Waals surface area (Å²) in [6, 6.07) is 1.82. The van der Waals surface area contributed by atoms with E-state index < -0.39 is 5.91 Å². The van der Waals surface area contributed by atoms with E-state index in [2.05, 4.69) is 0 Å². The molecule has 1 aromatic heterocycles. The summed E-state index contributed by atoms with van der Waals surface area (Å²) in [6.45, 7) is 4.80. The van der Waals surface area contributed by atoms with Gasteiger partial charge in [-0.2, -0.15) is 0 Å². The minimum Gasteiger partial charge on any atom is -0.376 e. The lowest BCUT2D eigenvalue weighted by Gasteiger charge is -2.17. The Morgan fingerprint density at radius 1 is 1.58 bits per heavy atom. The first kappa shape index (κ1) is 13.8. The SMILES string of the molecule is Cc1cc(C)n(CC2CCCO2)c(=O)c1C(=O)NN. The number of carbonyl (C=O) groups is 1. The molecule has 19 heavy (non-hydrogen) atoms. The van der Waals surface area contributed by atoms with Crippen LogP contribution in [0.4, 0.5) is 0 Å². The van der Waals surface area contributed by atoms with Crippen LogP contribution in [0.25, 0.3) is 0 Å². The van der Waals surface area contributed by atoms with E-state index in [1.54, 1.807) is 11.5 Å². The number of nitrogens with one attached hydrogen (secondary N) is 1. The fourth-order valence-corrected chi connectivity index (χ4v) is 2.49. The van der Waals surface area contributed by atoms with Crippen LogP contribution in [-0.2, 0) is 11.3 Å². The van der Waals surface area contributed by atoms with Crippen LogP contribution in [-0.4, -0.2) is 23.2 Å². The second-order valence-corrected chi connectivity index (χ2v) is 4.87. The van der Waals surface area contributed by atoms with Crippen molar-refractivity contribution in [1.82, 2.24) is 9.99 Å². The average molecular weight is 265 g/mol. The van der Waals surface area contributed by atoms with Gasteiger partial charge in [0.15, 0.2) is 0 Å². The van der Waals surface area contributed by atoms with E-state index in [1.165, 1.54) is 0 Å². The van der Waals surface area contributed by atoms with E-state index in [-0.39, 0.29) is 17.2 Å². The molecule has 0 radical (unpaired) electrons. The zero-order valence-corrected chi connectivity index (χ0v) is 11.2. The lowest BCUT2D eigenvalue weighted by atomic mass is 10.1. The number of rotatable bonds is 3. The van der Waals surface area contributed by atoms with Crippen molar-refractivity contribution < 1.29 is 9.53 Å². The zero-order valence-electron chi connectivity index (χ0n) is 11.2. The molecule has 1 aliphatic heterocycles. The van der Waals surface area contributed by atoms with Gasteiger partial charge in [0.2, 0.25) is 0 Å². The first-order chi connectivity index (χ1) is 9.04. The Morgan fingerprint density at radius 2 is 2.32 bits per heavy atom. The minimum atomic E-state index is -0.552. The number of carbonyl (C=O) groups excluding carboxylic acids is 1. The standard InChI is InChI=1S/C13H19N3O3/c1-8-6-9(2)16(7-10-4-3-5-19-10)13(18)11(8)12(17)15-14/h6,10H,3-5,7,14H2,1-2H3,(H,15,17). The molecule has 1 aliphatic rings. The van der Waals surface area contributed by atoms with E-state index in [0.29, 0.717) is 12.1 Å². The number of pyridine rings is 1.